The van der Waals surface area contributed by atoms with Crippen molar-refractivity contribution in [2.45, 2.75) is 20.3 Å². The number of ether oxygens (including phenoxy) is 1. The summed E-state index contributed by atoms with van der Waals surface area (Å²) in [6.07, 6.45) is 0.706. The number of nitrogens with one attached hydrogen (secondary N) is 1. The second kappa shape index (κ2) is 8.27. The molecule has 0 heterocycles. The van der Waals surface area contributed by atoms with Gasteiger partial charge in [-0.1, -0.05) is 19.9 Å². The fraction of sp³-hybridized carbons (Fsp3) is 0.533. The van der Waals surface area contributed by atoms with Gasteiger partial charge in [0.15, 0.2) is 0 Å². The van der Waals surface area contributed by atoms with E-state index in [0.717, 1.165) is 15.8 Å². The van der Waals surface area contributed by atoms with Crippen LogP contribution in [0.15, 0.2) is 22.7 Å². The van der Waals surface area contributed by atoms with Crippen LogP contribution in [0, 0.1) is 11.8 Å². The van der Waals surface area contributed by atoms with Crippen LogP contribution in [0.5, 0.6) is 5.75 Å². The van der Waals surface area contributed by atoms with Crippen LogP contribution in [0.4, 0.5) is 0 Å². The van der Waals surface area contributed by atoms with E-state index < -0.39 is 0 Å². The minimum absolute atomic E-state index is 0.0120. The lowest BCUT2D eigenvalue weighted by Crippen LogP contribution is -2.34. The van der Waals surface area contributed by atoms with Crippen molar-refractivity contribution < 1.29 is 14.6 Å². The fourth-order valence-electron chi connectivity index (χ4n) is 1.82. The molecular weight excluding hydrogens is 322 g/mol. The number of benzene rings is 1. The number of amides is 1. The van der Waals surface area contributed by atoms with Crippen molar-refractivity contribution in [3.05, 3.63) is 28.2 Å². The molecular formula is C15H22BrNO3. The van der Waals surface area contributed by atoms with Crippen LogP contribution in [-0.4, -0.2) is 31.3 Å². The first-order chi connectivity index (χ1) is 9.47. The quantitative estimate of drug-likeness (QED) is 0.799. The van der Waals surface area contributed by atoms with Crippen LogP contribution in [0.2, 0.25) is 0 Å². The van der Waals surface area contributed by atoms with E-state index in [1.54, 1.807) is 7.11 Å². The number of rotatable bonds is 7. The Balaban J connectivity index is 2.60. The molecule has 1 amide bonds. The van der Waals surface area contributed by atoms with E-state index in [0.29, 0.717) is 13.0 Å². The molecule has 0 spiro atoms. The number of aliphatic hydroxyl groups is 1. The van der Waals surface area contributed by atoms with Gasteiger partial charge in [0.1, 0.15) is 5.75 Å². The van der Waals surface area contributed by atoms with Gasteiger partial charge in [-0.3, -0.25) is 4.79 Å². The third-order valence-corrected chi connectivity index (χ3v) is 3.71. The Morgan fingerprint density at radius 1 is 1.45 bits per heavy atom. The molecule has 0 aromatic heterocycles. The molecule has 0 bridgehead atoms. The summed E-state index contributed by atoms with van der Waals surface area (Å²) in [6.45, 7) is 4.23. The second-order valence-corrected chi connectivity index (χ2v) is 5.98. The highest BCUT2D eigenvalue weighted by Crippen LogP contribution is 2.26. The fourth-order valence-corrected chi connectivity index (χ4v) is 2.41. The van der Waals surface area contributed by atoms with Crippen LogP contribution in [0.25, 0.3) is 0 Å². The van der Waals surface area contributed by atoms with Gasteiger partial charge >= 0.3 is 0 Å². The Kier molecular flexibility index (Phi) is 7.02. The SMILES string of the molecule is COc1ccc(CC(CO)CNC(=O)C(C)C)cc1Br. The molecule has 0 radical (unpaired) electrons. The van der Waals surface area contributed by atoms with Crippen LogP contribution in [-0.2, 0) is 11.2 Å². The Bertz CT molecular complexity index is 449. The lowest BCUT2D eigenvalue weighted by atomic mass is 9.99. The van der Waals surface area contributed by atoms with Crippen molar-refractivity contribution in [2.24, 2.45) is 11.8 Å². The van der Waals surface area contributed by atoms with Crippen LogP contribution < -0.4 is 10.1 Å². The van der Waals surface area contributed by atoms with Crippen molar-refractivity contribution in [2.75, 3.05) is 20.3 Å². The van der Waals surface area contributed by atoms with Gasteiger partial charge < -0.3 is 15.2 Å². The topological polar surface area (TPSA) is 58.6 Å². The molecule has 4 nitrogen and oxygen atoms in total. The standard InChI is InChI=1S/C15H22BrNO3/c1-10(2)15(19)17-8-12(9-18)6-11-4-5-14(20-3)13(16)7-11/h4-5,7,10,12,18H,6,8-9H2,1-3H3,(H,17,19). The first kappa shape index (κ1) is 17.0. The largest absolute Gasteiger partial charge is 0.496 e. The zero-order valence-corrected chi connectivity index (χ0v) is 13.7. The molecule has 0 saturated carbocycles. The van der Waals surface area contributed by atoms with Crippen molar-refractivity contribution in [3.63, 3.8) is 0 Å². The lowest BCUT2D eigenvalue weighted by Gasteiger charge is -2.16. The maximum atomic E-state index is 11.5. The third kappa shape index (κ3) is 5.13. The molecule has 1 aromatic carbocycles. The zero-order chi connectivity index (χ0) is 15.1. The average Bonchev–Trinajstić information content (AvgIpc) is 2.43. The maximum absolute atomic E-state index is 11.5. The highest BCUT2D eigenvalue weighted by atomic mass is 79.9. The maximum Gasteiger partial charge on any atom is 0.222 e. The van der Waals surface area contributed by atoms with Gasteiger partial charge in [0.05, 0.1) is 11.6 Å². The van der Waals surface area contributed by atoms with Gasteiger partial charge in [-0.25, -0.2) is 0 Å². The van der Waals surface area contributed by atoms with Gasteiger partial charge in [0.25, 0.3) is 0 Å². The number of hydrogen-bond donors (Lipinski definition) is 2. The van der Waals surface area contributed by atoms with E-state index in [-0.39, 0.29) is 24.3 Å². The minimum Gasteiger partial charge on any atom is -0.496 e. The Labute approximate surface area is 128 Å². The molecule has 1 unspecified atom stereocenters. The van der Waals surface area contributed by atoms with E-state index in [1.165, 1.54) is 0 Å². The van der Waals surface area contributed by atoms with Crippen LogP contribution in [0.1, 0.15) is 19.4 Å². The molecule has 1 rings (SSSR count). The van der Waals surface area contributed by atoms with Gasteiger partial charge in [-0.05, 0) is 40.0 Å². The number of carbonyl (C=O) groups excluding carboxylic acids is 1. The minimum atomic E-state index is -0.0375. The number of carbonyl (C=O) groups is 1. The van der Waals surface area contributed by atoms with Crippen LogP contribution >= 0.6 is 15.9 Å². The Morgan fingerprint density at radius 2 is 2.15 bits per heavy atom. The Hall–Kier alpha value is -1.07. The summed E-state index contributed by atoms with van der Waals surface area (Å²) in [6, 6.07) is 5.84. The van der Waals surface area contributed by atoms with Gasteiger partial charge in [0.2, 0.25) is 5.91 Å². The first-order valence-corrected chi connectivity index (χ1v) is 7.48. The predicted molar refractivity (Wildman–Crippen MR) is 82.8 cm³/mol. The summed E-state index contributed by atoms with van der Waals surface area (Å²) in [5.41, 5.74) is 1.09. The molecule has 112 valence electrons. The van der Waals surface area contributed by atoms with E-state index in [1.807, 2.05) is 32.0 Å². The summed E-state index contributed by atoms with van der Waals surface area (Å²) < 4.78 is 6.07. The molecule has 0 fully saturated rings. The highest BCUT2D eigenvalue weighted by molar-refractivity contribution is 9.10. The molecule has 2 N–H and O–H groups in total. The summed E-state index contributed by atoms with van der Waals surface area (Å²) in [7, 11) is 1.62. The summed E-state index contributed by atoms with van der Waals surface area (Å²) >= 11 is 3.44. The van der Waals surface area contributed by atoms with Crippen molar-refractivity contribution in [1.82, 2.24) is 5.32 Å². The molecule has 20 heavy (non-hydrogen) atoms. The van der Waals surface area contributed by atoms with Crippen LogP contribution in [0.3, 0.4) is 0 Å². The zero-order valence-electron chi connectivity index (χ0n) is 12.1. The molecule has 0 aliphatic rings. The number of halogens is 1. The second-order valence-electron chi connectivity index (χ2n) is 5.12. The van der Waals surface area contributed by atoms with Crippen molar-refractivity contribution >= 4 is 21.8 Å². The molecule has 1 atom stereocenters. The summed E-state index contributed by atoms with van der Waals surface area (Å²) in [5.74, 6) is 0.768. The first-order valence-electron chi connectivity index (χ1n) is 6.68. The van der Waals surface area contributed by atoms with E-state index in [4.69, 9.17) is 4.74 Å². The molecule has 5 heteroatoms. The summed E-state index contributed by atoms with van der Waals surface area (Å²) in [4.78, 5) is 11.5. The number of aliphatic hydroxyl groups excluding tert-OH is 1. The number of hydrogen-bond acceptors (Lipinski definition) is 3. The lowest BCUT2D eigenvalue weighted by molar-refractivity contribution is -0.124. The summed E-state index contributed by atoms with van der Waals surface area (Å²) in [5, 5.41) is 12.3. The molecule has 0 aliphatic heterocycles. The van der Waals surface area contributed by atoms with E-state index in [2.05, 4.69) is 21.2 Å². The molecule has 0 saturated heterocycles. The highest BCUT2D eigenvalue weighted by Gasteiger charge is 2.13. The van der Waals surface area contributed by atoms with Crippen molar-refractivity contribution in [1.29, 1.82) is 0 Å². The monoisotopic (exact) mass is 343 g/mol. The smallest absolute Gasteiger partial charge is 0.222 e. The predicted octanol–water partition coefficient (Wildman–Crippen LogP) is 2.38. The molecule has 0 aliphatic carbocycles. The van der Waals surface area contributed by atoms with Gasteiger partial charge in [0, 0.05) is 25.0 Å². The molecule has 1 aromatic rings. The average molecular weight is 344 g/mol. The van der Waals surface area contributed by atoms with E-state index >= 15 is 0 Å². The van der Waals surface area contributed by atoms with Crippen molar-refractivity contribution in [3.8, 4) is 5.75 Å². The third-order valence-electron chi connectivity index (χ3n) is 3.09. The van der Waals surface area contributed by atoms with Gasteiger partial charge in [-0.2, -0.15) is 0 Å². The Morgan fingerprint density at radius 3 is 2.65 bits per heavy atom. The number of methoxy groups -OCH3 is 1. The van der Waals surface area contributed by atoms with Gasteiger partial charge in [-0.15, -0.1) is 0 Å². The van der Waals surface area contributed by atoms with E-state index in [9.17, 15) is 9.90 Å². The normalized spacial score (nSPS) is 12.3.